The topological polar surface area (TPSA) is 20.6 Å². The Morgan fingerprint density at radius 1 is 0.525 bits per heavy atom. The molecule has 0 atom stereocenters. The lowest BCUT2D eigenvalue weighted by Crippen LogP contribution is -2.59. The first-order valence-electron chi connectivity index (χ1n) is 20.4. The maximum Gasteiger partial charge on any atom is 0.256 e. The van der Waals surface area contributed by atoms with Crippen LogP contribution in [0.2, 0.25) is 0 Å². The van der Waals surface area contributed by atoms with Crippen LogP contribution in [0.5, 0.6) is 11.5 Å². The normalized spacial score (nSPS) is 13.0. The molecule has 3 heterocycles. The summed E-state index contributed by atoms with van der Waals surface area (Å²) in [4.78, 5) is 4.74. The molecule has 59 heavy (non-hydrogen) atoms. The second-order valence-corrected chi connectivity index (χ2v) is 15.2. The number of fused-ring (bicyclic) bond motifs is 7. The Hall–Kier alpha value is -7.50. The van der Waals surface area contributed by atoms with Crippen molar-refractivity contribution in [2.75, 3.05) is 9.80 Å². The summed E-state index contributed by atoms with van der Waals surface area (Å²) in [5.41, 5.74) is 16.1. The van der Waals surface area contributed by atoms with Crippen molar-refractivity contribution in [3.8, 4) is 28.3 Å². The number of rotatable bonds is 7. The molecule has 2 aliphatic heterocycles. The summed E-state index contributed by atoms with van der Waals surface area (Å²) >= 11 is 0. The van der Waals surface area contributed by atoms with Gasteiger partial charge in [0.2, 0.25) is 0 Å². The van der Waals surface area contributed by atoms with E-state index in [0.717, 1.165) is 51.1 Å². The molecule has 0 N–H and O–H groups in total. The van der Waals surface area contributed by atoms with Gasteiger partial charge in [-0.25, -0.2) is 0 Å². The number of nitrogens with zero attached hydrogens (tertiary/aromatic N) is 3. The summed E-state index contributed by atoms with van der Waals surface area (Å²) < 4.78 is 9.35. The first kappa shape index (κ1) is 34.7. The Morgan fingerprint density at radius 2 is 1.19 bits per heavy atom. The number of para-hydroxylation sites is 3. The van der Waals surface area contributed by atoms with E-state index in [1.807, 2.05) is 0 Å². The molecule has 9 aromatic rings. The number of ether oxygens (including phenoxy) is 1. The van der Waals surface area contributed by atoms with Crippen molar-refractivity contribution in [3.63, 3.8) is 0 Å². The molecule has 0 bridgehead atoms. The number of hydrogen-bond donors (Lipinski definition) is 0. The predicted octanol–water partition coefficient (Wildman–Crippen LogP) is 12.5. The van der Waals surface area contributed by atoms with Gasteiger partial charge in [-0.05, 0) is 120 Å². The molecule has 0 aliphatic carbocycles. The van der Waals surface area contributed by atoms with Crippen LogP contribution in [0.25, 0.3) is 38.6 Å². The van der Waals surface area contributed by atoms with E-state index in [2.05, 4.69) is 234 Å². The lowest BCUT2D eigenvalue weighted by Gasteiger charge is -2.40. The first-order chi connectivity index (χ1) is 29.2. The predicted molar refractivity (Wildman–Crippen MR) is 249 cm³/mol. The van der Waals surface area contributed by atoms with E-state index in [-0.39, 0.29) is 6.71 Å². The smallest absolute Gasteiger partial charge is 0.256 e. The highest BCUT2D eigenvalue weighted by atomic mass is 16.5. The Morgan fingerprint density at radius 3 is 2.00 bits per heavy atom. The van der Waals surface area contributed by atoms with Crippen LogP contribution >= 0.6 is 0 Å². The second kappa shape index (κ2) is 14.2. The molecule has 0 spiro atoms. The molecular weight excluding hydrogens is 717 g/mol. The summed E-state index contributed by atoms with van der Waals surface area (Å²) in [6.07, 6.45) is 6.46. The van der Waals surface area contributed by atoms with E-state index in [0.29, 0.717) is 0 Å². The second-order valence-electron chi connectivity index (χ2n) is 15.2. The fourth-order valence-corrected chi connectivity index (χ4v) is 9.34. The van der Waals surface area contributed by atoms with Crippen LogP contribution in [-0.2, 0) is 0 Å². The third-order valence-corrected chi connectivity index (χ3v) is 11.9. The van der Waals surface area contributed by atoms with Gasteiger partial charge in [-0.1, -0.05) is 121 Å². The van der Waals surface area contributed by atoms with Gasteiger partial charge < -0.3 is 19.1 Å². The van der Waals surface area contributed by atoms with E-state index in [1.54, 1.807) is 0 Å². The Balaban J connectivity index is 1.09. The van der Waals surface area contributed by atoms with E-state index < -0.39 is 0 Å². The Kier molecular flexibility index (Phi) is 8.33. The van der Waals surface area contributed by atoms with Gasteiger partial charge in [0.05, 0.1) is 11.0 Å². The van der Waals surface area contributed by atoms with E-state index in [1.165, 1.54) is 49.5 Å². The minimum absolute atomic E-state index is 0.0224. The number of benzene rings is 8. The van der Waals surface area contributed by atoms with Crippen molar-refractivity contribution < 1.29 is 4.74 Å². The average molecular weight is 758 g/mol. The zero-order valence-electron chi connectivity index (χ0n) is 33.0. The van der Waals surface area contributed by atoms with E-state index >= 15 is 0 Å². The van der Waals surface area contributed by atoms with Gasteiger partial charge in [0.1, 0.15) is 11.5 Å². The number of anilines is 5. The average Bonchev–Trinajstić information content (AvgIpc) is 3.63. The monoisotopic (exact) mass is 757 g/mol. The van der Waals surface area contributed by atoms with Crippen LogP contribution in [0.4, 0.5) is 28.4 Å². The zero-order chi connectivity index (χ0) is 39.5. The molecule has 5 heteroatoms. The van der Waals surface area contributed by atoms with Crippen molar-refractivity contribution in [2.45, 2.75) is 13.8 Å². The molecule has 1 aromatic heterocycles. The lowest BCUT2D eigenvalue weighted by molar-refractivity contribution is 0.487. The highest BCUT2D eigenvalue weighted by molar-refractivity contribution is 6.99. The SMILES string of the molecule is C/C=C\C(=C/C)N1c2ccccc2B2c3ccc(N(c4ccc(-c5ccccc5)cc4)c4ccc5c(c4)c4ccccc4n5-c4ccccc4)cc3Oc3cccc1c32. The summed E-state index contributed by atoms with van der Waals surface area (Å²) in [6, 6.07) is 67.8. The van der Waals surface area contributed by atoms with Gasteiger partial charge in [-0.2, -0.15) is 0 Å². The van der Waals surface area contributed by atoms with Crippen molar-refractivity contribution in [1.82, 2.24) is 4.57 Å². The van der Waals surface area contributed by atoms with Gasteiger partial charge in [0, 0.05) is 56.7 Å². The molecule has 0 radical (unpaired) electrons. The van der Waals surface area contributed by atoms with E-state index in [4.69, 9.17) is 4.74 Å². The molecule has 0 amide bonds. The highest BCUT2D eigenvalue weighted by Crippen LogP contribution is 2.43. The summed E-state index contributed by atoms with van der Waals surface area (Å²) in [5.74, 6) is 1.76. The minimum Gasteiger partial charge on any atom is -0.458 e. The van der Waals surface area contributed by atoms with Crippen molar-refractivity contribution >= 4 is 73.3 Å². The summed E-state index contributed by atoms with van der Waals surface area (Å²) in [5, 5.41) is 2.42. The quantitative estimate of drug-likeness (QED) is 0.119. The molecule has 8 aromatic carbocycles. The fourth-order valence-electron chi connectivity index (χ4n) is 9.34. The molecule has 4 nitrogen and oxygen atoms in total. The van der Waals surface area contributed by atoms with Crippen LogP contribution in [0.15, 0.2) is 212 Å². The van der Waals surface area contributed by atoms with Gasteiger partial charge >= 0.3 is 0 Å². The summed E-state index contributed by atoms with van der Waals surface area (Å²) in [6.45, 7) is 4.20. The molecule has 0 saturated heterocycles. The highest BCUT2D eigenvalue weighted by Gasteiger charge is 2.41. The van der Waals surface area contributed by atoms with Gasteiger partial charge in [0.15, 0.2) is 0 Å². The van der Waals surface area contributed by atoms with Crippen LogP contribution in [0, 0.1) is 0 Å². The molecular formula is C54H40BN3O. The molecule has 0 fully saturated rings. The fraction of sp³-hybridized carbons (Fsp3) is 0.0370. The van der Waals surface area contributed by atoms with Crippen LogP contribution in [-0.4, -0.2) is 11.3 Å². The third-order valence-electron chi connectivity index (χ3n) is 11.9. The number of hydrogen-bond acceptors (Lipinski definition) is 3. The van der Waals surface area contributed by atoms with Gasteiger partial charge in [-0.3, -0.25) is 0 Å². The van der Waals surface area contributed by atoms with Crippen molar-refractivity contribution in [1.29, 1.82) is 0 Å². The maximum absolute atomic E-state index is 6.99. The van der Waals surface area contributed by atoms with Crippen LogP contribution < -0.4 is 30.9 Å². The largest absolute Gasteiger partial charge is 0.458 e. The Labute approximate surface area is 345 Å². The van der Waals surface area contributed by atoms with E-state index in [9.17, 15) is 0 Å². The zero-order valence-corrected chi connectivity index (χ0v) is 33.0. The molecule has 2 aliphatic rings. The Bertz CT molecular complexity index is 3110. The minimum atomic E-state index is 0.0224. The standard InChI is InChI=1S/C54H40BN3O/c1-3-16-39(4-2)57-50-24-14-12-22-46(50)55-47-33-31-43(36-53(47)59-52-26-15-25-51(57)54(52)55)56(41-29-27-38(28-30-41)37-17-7-5-8-18-37)42-32-34-49-45(35-42)44-21-11-13-23-48(44)58(49)40-19-9-6-10-20-40/h3-36H,1-2H3/b16-3-,39-4+. The molecule has 280 valence electrons. The molecule has 11 rings (SSSR count). The van der Waals surface area contributed by atoms with Gasteiger partial charge in [-0.15, -0.1) is 0 Å². The lowest BCUT2D eigenvalue weighted by atomic mass is 9.34. The van der Waals surface area contributed by atoms with Crippen LogP contribution in [0.1, 0.15) is 13.8 Å². The number of allylic oxidation sites excluding steroid dienone is 3. The maximum atomic E-state index is 6.99. The van der Waals surface area contributed by atoms with Crippen molar-refractivity contribution in [3.05, 3.63) is 212 Å². The third kappa shape index (κ3) is 5.61. The van der Waals surface area contributed by atoms with Gasteiger partial charge in [0.25, 0.3) is 6.71 Å². The van der Waals surface area contributed by atoms with Crippen LogP contribution in [0.3, 0.4) is 0 Å². The first-order valence-corrected chi connectivity index (χ1v) is 20.4. The van der Waals surface area contributed by atoms with Crippen molar-refractivity contribution in [2.24, 2.45) is 0 Å². The number of aromatic nitrogens is 1. The summed E-state index contributed by atoms with van der Waals surface area (Å²) in [7, 11) is 0. The molecule has 0 unspecified atom stereocenters. The molecule has 0 saturated carbocycles.